The predicted molar refractivity (Wildman–Crippen MR) is 295 cm³/mol. The Bertz CT molecular complexity index is 3280. The highest BCUT2D eigenvalue weighted by Gasteiger charge is 2.50. The first-order chi connectivity index (χ1) is 37.4. The number of fused-ring (bicyclic) bond motifs is 1. The number of carbonyl (C=O) groups is 1. The van der Waals surface area contributed by atoms with Crippen LogP contribution in [0.4, 0.5) is 25.8 Å². The highest BCUT2D eigenvalue weighted by atomic mass is 32.2. The van der Waals surface area contributed by atoms with E-state index in [1.165, 1.54) is 34.5 Å². The van der Waals surface area contributed by atoms with Crippen molar-refractivity contribution in [2.24, 2.45) is 5.41 Å². The molecule has 1 saturated carbocycles. The molecule has 0 unspecified atom stereocenters. The molecule has 1 amide bonds. The van der Waals surface area contributed by atoms with Gasteiger partial charge in [0.2, 0.25) is 0 Å². The van der Waals surface area contributed by atoms with Crippen LogP contribution in [0.1, 0.15) is 96.9 Å². The van der Waals surface area contributed by atoms with Crippen molar-refractivity contribution >= 4 is 44.0 Å². The lowest BCUT2D eigenvalue weighted by Crippen LogP contribution is -2.60. The highest BCUT2D eigenvalue weighted by molar-refractivity contribution is 7.90. The van der Waals surface area contributed by atoms with Crippen LogP contribution in [0.5, 0.6) is 17.2 Å². The predicted octanol–water partition coefficient (Wildman–Crippen LogP) is 9.95. The number of anilines is 2. The molecule has 3 N–H and O–H groups in total. The van der Waals surface area contributed by atoms with Gasteiger partial charge >= 0.3 is 0 Å². The first kappa shape index (κ1) is 54.6. The largest absolute Gasteiger partial charge is 0.496 e. The number of nitrogens with zero attached hydrogens (tertiary/aromatic N) is 6. The molecular weight excluding hydrogens is 1020 g/mol. The number of amides is 1. The van der Waals surface area contributed by atoms with E-state index in [1.54, 1.807) is 25.4 Å². The van der Waals surface area contributed by atoms with Crippen LogP contribution in [0.3, 0.4) is 0 Å². The fourth-order valence-electron chi connectivity index (χ4n) is 12.0. The molecule has 1 spiro atoms. The zero-order chi connectivity index (χ0) is 54.9. The quantitative estimate of drug-likeness (QED) is 0.0545. The van der Waals surface area contributed by atoms with Crippen LogP contribution in [0.25, 0.3) is 11.0 Å². The van der Waals surface area contributed by atoms with Crippen molar-refractivity contribution < 1.29 is 41.1 Å². The van der Waals surface area contributed by atoms with Gasteiger partial charge < -0.3 is 34.3 Å². The third-order valence-corrected chi connectivity index (χ3v) is 17.6. The van der Waals surface area contributed by atoms with E-state index in [9.17, 15) is 23.3 Å². The molecule has 0 radical (unpaired) electrons. The second kappa shape index (κ2) is 22.6. The fraction of sp³-hybridized carbons (Fsp3) is 0.448. The van der Waals surface area contributed by atoms with Crippen LogP contribution in [0.15, 0.2) is 102 Å². The topological polar surface area (TPSA) is 188 Å². The Morgan fingerprint density at radius 2 is 1.74 bits per heavy atom. The molecule has 2 aromatic heterocycles. The van der Waals surface area contributed by atoms with Crippen LogP contribution < -0.4 is 24.4 Å². The highest BCUT2D eigenvalue weighted by Crippen LogP contribution is 2.54. The van der Waals surface area contributed by atoms with Gasteiger partial charge in [0.15, 0.2) is 0 Å². The van der Waals surface area contributed by atoms with Gasteiger partial charge in [-0.25, -0.2) is 26.9 Å². The Morgan fingerprint density at radius 3 is 2.47 bits per heavy atom. The lowest BCUT2D eigenvalue weighted by Gasteiger charge is -2.58. The average Bonchev–Trinajstić information content (AvgIpc) is 4.04. The summed E-state index contributed by atoms with van der Waals surface area (Å²) in [7, 11) is 1.07. The number of piperidine rings is 1. The van der Waals surface area contributed by atoms with Crippen molar-refractivity contribution in [3.63, 3.8) is 0 Å². The maximum atomic E-state index is 16.6. The first-order valence-electron chi connectivity index (χ1n) is 26.8. The van der Waals surface area contributed by atoms with Crippen molar-refractivity contribution in [1.82, 2.24) is 29.4 Å². The number of nitro groups is 1. The molecule has 4 fully saturated rings. The van der Waals surface area contributed by atoms with Gasteiger partial charge in [0.25, 0.3) is 21.6 Å². The number of hydrogen-bond acceptors (Lipinski definition) is 14. The van der Waals surface area contributed by atoms with Gasteiger partial charge in [-0.3, -0.25) is 24.7 Å². The number of carbonyl (C=O) groups excluding carboxylic acids is 1. The van der Waals surface area contributed by atoms with E-state index >= 15 is 8.78 Å². The fourth-order valence-corrected chi connectivity index (χ4v) is 13.0. The number of hydrogen-bond donors (Lipinski definition) is 3. The summed E-state index contributed by atoms with van der Waals surface area (Å²) in [6.07, 6.45) is 7.06. The molecule has 6 aromatic rings. The molecule has 1 atom stereocenters. The number of sulfonamides is 1. The number of halogens is 2. The summed E-state index contributed by atoms with van der Waals surface area (Å²) in [4.78, 5) is 41.7. The second-order valence-corrected chi connectivity index (χ2v) is 23.9. The van der Waals surface area contributed by atoms with Gasteiger partial charge in [0.1, 0.15) is 40.1 Å². The minimum Gasteiger partial charge on any atom is -0.496 e. The number of nitro benzene ring substituents is 1. The van der Waals surface area contributed by atoms with Gasteiger partial charge in [0.05, 0.1) is 34.4 Å². The summed E-state index contributed by atoms with van der Waals surface area (Å²) in [5.74, 6) is -0.609. The van der Waals surface area contributed by atoms with E-state index in [0.29, 0.717) is 36.1 Å². The molecule has 5 heterocycles. The Kier molecular flexibility index (Phi) is 15.8. The molecule has 3 saturated heterocycles. The van der Waals surface area contributed by atoms with Gasteiger partial charge in [0, 0.05) is 120 Å². The molecule has 4 aliphatic rings. The summed E-state index contributed by atoms with van der Waals surface area (Å²) in [5.41, 5.74) is 3.23. The molecule has 10 rings (SSSR count). The van der Waals surface area contributed by atoms with E-state index < -0.39 is 48.5 Å². The number of pyridine rings is 1. The lowest BCUT2D eigenvalue weighted by atomic mass is 9.59. The van der Waals surface area contributed by atoms with E-state index in [2.05, 4.69) is 100 Å². The number of benzene rings is 4. The standard InChI is InChI=1S/C58H69F2N9O8S/c1-38(2)45-8-6-7-9-46(45)52-36-66(34-39-10-13-53(75-5)41(26-39)35-65(3)4)22-23-68(52)42-31-57(32-42)15-20-67(21-16-57)50-30-54(77-43-27-40-14-19-61-55(40)62-33-43)47(29-48(50)59)56(70)64-78(73,74)44-11-12-49(51(28-44)69(71)72)63-37-58(60)17-24-76-25-18-58/h6-14,19,26-30,33,38,42,52,63H,15-18,20-25,31-32,34-37H2,1-5H3,(H,61,62)(H,64,70)/t52-/m0/s1. The van der Waals surface area contributed by atoms with Gasteiger partial charge in [-0.15, -0.1) is 0 Å². The van der Waals surface area contributed by atoms with E-state index in [4.69, 9.17) is 14.2 Å². The third-order valence-electron chi connectivity index (χ3n) is 16.3. The van der Waals surface area contributed by atoms with Crippen molar-refractivity contribution in [1.29, 1.82) is 0 Å². The van der Waals surface area contributed by atoms with Gasteiger partial charge in [-0.2, -0.15) is 0 Å². The Labute approximate surface area is 454 Å². The zero-order valence-electron chi connectivity index (χ0n) is 44.9. The maximum Gasteiger partial charge on any atom is 0.293 e. The Morgan fingerprint density at radius 1 is 0.974 bits per heavy atom. The van der Waals surface area contributed by atoms with E-state index in [0.717, 1.165) is 88.4 Å². The normalized spacial score (nSPS) is 19.0. The Hall–Kier alpha value is -6.71. The van der Waals surface area contributed by atoms with E-state index in [1.807, 2.05) is 9.62 Å². The molecule has 17 nitrogen and oxygen atoms in total. The molecule has 0 bridgehead atoms. The number of aromatic nitrogens is 2. The summed E-state index contributed by atoms with van der Waals surface area (Å²) < 4.78 is 78.8. The smallest absolute Gasteiger partial charge is 0.293 e. The van der Waals surface area contributed by atoms with Crippen molar-refractivity contribution in [2.75, 3.05) is 83.9 Å². The third kappa shape index (κ3) is 11.8. The van der Waals surface area contributed by atoms with Crippen LogP contribution in [-0.2, 0) is 27.8 Å². The number of ether oxygens (including phenoxy) is 3. The lowest BCUT2D eigenvalue weighted by molar-refractivity contribution is -0.384. The second-order valence-electron chi connectivity index (χ2n) is 22.2. The summed E-state index contributed by atoms with van der Waals surface area (Å²) in [6.45, 7) is 10.2. The molecule has 20 heteroatoms. The maximum absolute atomic E-state index is 16.6. The van der Waals surface area contributed by atoms with Crippen molar-refractivity contribution in [3.8, 4) is 17.2 Å². The molecule has 414 valence electrons. The molecule has 3 aliphatic heterocycles. The number of aromatic amines is 1. The number of rotatable bonds is 18. The monoisotopic (exact) mass is 1090 g/mol. The summed E-state index contributed by atoms with van der Waals surface area (Å²) >= 11 is 0. The number of methoxy groups -OCH3 is 1. The van der Waals surface area contributed by atoms with Gasteiger partial charge in [-0.05, 0) is 110 Å². The summed E-state index contributed by atoms with van der Waals surface area (Å²) in [5, 5.41) is 15.6. The van der Waals surface area contributed by atoms with Crippen LogP contribution in [0.2, 0.25) is 0 Å². The zero-order valence-corrected chi connectivity index (χ0v) is 45.7. The van der Waals surface area contributed by atoms with Gasteiger partial charge in [-0.1, -0.05) is 44.2 Å². The minimum absolute atomic E-state index is 0.0809. The molecule has 1 aliphatic carbocycles. The van der Waals surface area contributed by atoms with Crippen LogP contribution in [-0.4, -0.2) is 129 Å². The molecular formula is C58H69F2N9O8S. The molecule has 78 heavy (non-hydrogen) atoms. The number of alkyl halides is 1. The average molecular weight is 1090 g/mol. The van der Waals surface area contributed by atoms with Crippen LogP contribution in [0, 0.1) is 21.3 Å². The minimum atomic E-state index is -4.79. The van der Waals surface area contributed by atoms with Crippen molar-refractivity contribution in [2.45, 2.75) is 94.0 Å². The summed E-state index contributed by atoms with van der Waals surface area (Å²) in [6, 6.07) is 24.9. The SMILES string of the molecule is COc1ccc(CN2CCN(C3CC4(CCN(c5cc(Oc6cnc7[nH]ccc7c6)c(C(=O)NS(=O)(=O)c6ccc(NCC7(F)CCOCC7)c([N+](=O)[O-])c6)cc5F)CC4)C3)[C@H](c3ccccc3C(C)C)C2)cc1CN(C)C. The number of nitrogens with one attached hydrogen (secondary N) is 3. The van der Waals surface area contributed by atoms with Crippen molar-refractivity contribution in [3.05, 3.63) is 141 Å². The number of piperazine rings is 1. The van der Waals surface area contributed by atoms with Crippen LogP contribution >= 0.6 is 0 Å². The number of H-pyrrole nitrogens is 1. The molecule has 4 aromatic carbocycles. The first-order valence-corrected chi connectivity index (χ1v) is 28.3. The van der Waals surface area contributed by atoms with E-state index in [-0.39, 0.29) is 66.9 Å². The Balaban J connectivity index is 0.849.